The van der Waals surface area contributed by atoms with Crippen molar-refractivity contribution in [2.24, 2.45) is 5.73 Å². The van der Waals surface area contributed by atoms with E-state index in [9.17, 15) is 9.59 Å². The number of para-hydroxylation sites is 1. The van der Waals surface area contributed by atoms with Crippen molar-refractivity contribution in [1.82, 2.24) is 4.90 Å². The molecule has 2 amide bonds. The van der Waals surface area contributed by atoms with Crippen LogP contribution in [0.4, 0.5) is 5.69 Å². The third kappa shape index (κ3) is 5.17. The Hall–Kier alpha value is -2.66. The van der Waals surface area contributed by atoms with Crippen LogP contribution in [-0.4, -0.2) is 29.8 Å². The molecular formula is C21H27N3O2. The maximum atomic E-state index is 12.5. The summed E-state index contributed by atoms with van der Waals surface area (Å²) in [5.41, 5.74) is 9.85. The summed E-state index contributed by atoms with van der Waals surface area (Å²) in [7, 11) is 0. The van der Waals surface area contributed by atoms with Gasteiger partial charge >= 0.3 is 0 Å². The zero-order valence-electron chi connectivity index (χ0n) is 15.7. The van der Waals surface area contributed by atoms with Gasteiger partial charge in [0.2, 0.25) is 11.8 Å². The summed E-state index contributed by atoms with van der Waals surface area (Å²) in [4.78, 5) is 26.5. The standard InChI is InChI=1S/C21H27N3O2/c1-4-24(20(26)13-18(22)17-11-6-5-7-12-17)14-19(25)23-21-15(2)9-8-10-16(21)3/h5-12,18H,4,13-14,22H2,1-3H3,(H,23,25). The van der Waals surface area contributed by atoms with Gasteiger partial charge in [0.1, 0.15) is 0 Å². The van der Waals surface area contributed by atoms with E-state index in [-0.39, 0.29) is 30.8 Å². The monoisotopic (exact) mass is 353 g/mol. The van der Waals surface area contributed by atoms with E-state index in [2.05, 4.69) is 5.32 Å². The number of anilines is 1. The lowest BCUT2D eigenvalue weighted by atomic mass is 10.0. The summed E-state index contributed by atoms with van der Waals surface area (Å²) in [5.74, 6) is -0.327. The Bertz CT molecular complexity index is 739. The van der Waals surface area contributed by atoms with Crippen molar-refractivity contribution in [3.8, 4) is 0 Å². The molecule has 5 nitrogen and oxygen atoms in total. The van der Waals surface area contributed by atoms with Gasteiger partial charge in [-0.1, -0.05) is 48.5 Å². The first-order valence-electron chi connectivity index (χ1n) is 8.86. The summed E-state index contributed by atoms with van der Waals surface area (Å²) >= 11 is 0. The Morgan fingerprint density at radius 2 is 1.65 bits per heavy atom. The molecule has 0 fully saturated rings. The van der Waals surface area contributed by atoms with Gasteiger partial charge in [-0.3, -0.25) is 9.59 Å². The van der Waals surface area contributed by atoms with Crippen molar-refractivity contribution in [1.29, 1.82) is 0 Å². The van der Waals surface area contributed by atoms with Gasteiger partial charge in [0, 0.05) is 24.7 Å². The predicted molar refractivity (Wildman–Crippen MR) is 105 cm³/mol. The van der Waals surface area contributed by atoms with Gasteiger partial charge in [-0.25, -0.2) is 0 Å². The van der Waals surface area contributed by atoms with Gasteiger partial charge < -0.3 is 16.0 Å². The average molecular weight is 353 g/mol. The van der Waals surface area contributed by atoms with E-state index < -0.39 is 0 Å². The largest absolute Gasteiger partial charge is 0.334 e. The number of carbonyl (C=O) groups excluding carboxylic acids is 2. The zero-order chi connectivity index (χ0) is 19.1. The molecule has 0 aliphatic heterocycles. The Kier molecular flexibility index (Phi) is 6.92. The van der Waals surface area contributed by atoms with Crippen LogP contribution in [0.3, 0.4) is 0 Å². The molecule has 1 unspecified atom stereocenters. The molecule has 138 valence electrons. The van der Waals surface area contributed by atoms with E-state index in [1.165, 1.54) is 4.90 Å². The number of hydrogen-bond donors (Lipinski definition) is 2. The van der Waals surface area contributed by atoms with Crippen molar-refractivity contribution in [3.05, 3.63) is 65.2 Å². The van der Waals surface area contributed by atoms with Gasteiger partial charge in [-0.05, 0) is 37.5 Å². The molecule has 2 aromatic carbocycles. The van der Waals surface area contributed by atoms with Crippen LogP contribution in [0.1, 0.15) is 36.1 Å². The van der Waals surface area contributed by atoms with Gasteiger partial charge in [0.25, 0.3) is 0 Å². The van der Waals surface area contributed by atoms with Crippen LogP contribution in [0, 0.1) is 13.8 Å². The van der Waals surface area contributed by atoms with E-state index in [0.29, 0.717) is 6.54 Å². The normalized spacial score (nSPS) is 11.7. The lowest BCUT2D eigenvalue weighted by molar-refractivity contribution is -0.134. The van der Waals surface area contributed by atoms with Crippen molar-refractivity contribution < 1.29 is 9.59 Å². The number of hydrogen-bond acceptors (Lipinski definition) is 3. The third-order valence-electron chi connectivity index (χ3n) is 4.44. The van der Waals surface area contributed by atoms with Crippen LogP contribution < -0.4 is 11.1 Å². The van der Waals surface area contributed by atoms with Crippen molar-refractivity contribution in [3.63, 3.8) is 0 Å². The summed E-state index contributed by atoms with van der Waals surface area (Å²) in [6.45, 7) is 6.23. The number of nitrogens with one attached hydrogen (secondary N) is 1. The van der Waals surface area contributed by atoms with Crippen LogP contribution in [0.15, 0.2) is 48.5 Å². The molecular weight excluding hydrogens is 326 g/mol. The number of carbonyl (C=O) groups is 2. The first-order valence-corrected chi connectivity index (χ1v) is 8.86. The number of benzene rings is 2. The number of rotatable bonds is 7. The van der Waals surface area contributed by atoms with Gasteiger partial charge in [-0.15, -0.1) is 0 Å². The zero-order valence-corrected chi connectivity index (χ0v) is 15.7. The van der Waals surface area contributed by atoms with Crippen molar-refractivity contribution in [2.45, 2.75) is 33.2 Å². The van der Waals surface area contributed by atoms with E-state index in [1.807, 2.05) is 69.3 Å². The number of nitrogens with zero attached hydrogens (tertiary/aromatic N) is 1. The number of aryl methyl sites for hydroxylation is 2. The first kappa shape index (κ1) is 19.7. The van der Waals surface area contributed by atoms with Gasteiger partial charge in [0.05, 0.1) is 6.54 Å². The fourth-order valence-electron chi connectivity index (χ4n) is 2.88. The minimum absolute atomic E-state index is 0.0185. The molecule has 0 heterocycles. The molecule has 5 heteroatoms. The minimum Gasteiger partial charge on any atom is -0.334 e. The van der Waals surface area contributed by atoms with Crippen LogP contribution in [0.2, 0.25) is 0 Å². The maximum absolute atomic E-state index is 12.5. The third-order valence-corrected chi connectivity index (χ3v) is 4.44. The highest BCUT2D eigenvalue weighted by Gasteiger charge is 2.19. The van der Waals surface area contributed by atoms with Gasteiger partial charge in [-0.2, -0.15) is 0 Å². The lowest BCUT2D eigenvalue weighted by Gasteiger charge is -2.23. The first-order chi connectivity index (χ1) is 12.4. The summed E-state index contributed by atoms with van der Waals surface area (Å²) in [6.07, 6.45) is 0.175. The molecule has 0 aliphatic carbocycles. The highest BCUT2D eigenvalue weighted by molar-refractivity contribution is 5.95. The average Bonchev–Trinajstić information content (AvgIpc) is 2.63. The quantitative estimate of drug-likeness (QED) is 0.803. The molecule has 0 saturated heterocycles. The second kappa shape index (κ2) is 9.15. The molecule has 0 radical (unpaired) electrons. The minimum atomic E-state index is -0.376. The van der Waals surface area contributed by atoms with E-state index >= 15 is 0 Å². The Morgan fingerprint density at radius 1 is 1.04 bits per heavy atom. The molecule has 0 saturated carbocycles. The molecule has 2 rings (SSSR count). The summed E-state index contributed by atoms with van der Waals surface area (Å²) < 4.78 is 0. The van der Waals surface area contributed by atoms with Crippen LogP contribution in [-0.2, 0) is 9.59 Å². The topological polar surface area (TPSA) is 75.4 Å². The van der Waals surface area contributed by atoms with Gasteiger partial charge in [0.15, 0.2) is 0 Å². The van der Waals surface area contributed by atoms with Crippen LogP contribution in [0.5, 0.6) is 0 Å². The number of likely N-dealkylation sites (N-methyl/N-ethyl adjacent to an activating group) is 1. The molecule has 0 aliphatic rings. The summed E-state index contributed by atoms with van der Waals surface area (Å²) in [5, 5.41) is 2.92. The molecule has 1 atom stereocenters. The molecule has 0 aromatic heterocycles. The van der Waals surface area contributed by atoms with E-state index in [4.69, 9.17) is 5.73 Å². The molecule has 26 heavy (non-hydrogen) atoms. The van der Waals surface area contributed by atoms with Crippen molar-refractivity contribution in [2.75, 3.05) is 18.4 Å². The lowest BCUT2D eigenvalue weighted by Crippen LogP contribution is -2.39. The second-order valence-corrected chi connectivity index (χ2v) is 6.44. The number of amides is 2. The van der Waals surface area contributed by atoms with E-state index in [0.717, 1.165) is 22.4 Å². The summed E-state index contributed by atoms with van der Waals surface area (Å²) in [6, 6.07) is 15.0. The molecule has 2 aromatic rings. The smallest absolute Gasteiger partial charge is 0.244 e. The Labute approximate surface area is 155 Å². The second-order valence-electron chi connectivity index (χ2n) is 6.44. The van der Waals surface area contributed by atoms with Crippen LogP contribution in [0.25, 0.3) is 0 Å². The van der Waals surface area contributed by atoms with Crippen molar-refractivity contribution >= 4 is 17.5 Å². The molecule has 3 N–H and O–H groups in total. The predicted octanol–water partition coefficient (Wildman–Crippen LogP) is 3.18. The highest BCUT2D eigenvalue weighted by Crippen LogP contribution is 2.19. The molecule has 0 spiro atoms. The van der Waals surface area contributed by atoms with E-state index in [1.54, 1.807) is 0 Å². The fraction of sp³-hybridized carbons (Fsp3) is 0.333. The number of nitrogens with two attached hydrogens (primary N) is 1. The highest BCUT2D eigenvalue weighted by atomic mass is 16.2. The Balaban J connectivity index is 1.97. The van der Waals surface area contributed by atoms with Crippen LogP contribution >= 0.6 is 0 Å². The maximum Gasteiger partial charge on any atom is 0.244 e. The molecule has 0 bridgehead atoms. The SMILES string of the molecule is CCN(CC(=O)Nc1c(C)cccc1C)C(=O)CC(N)c1ccccc1. The Morgan fingerprint density at radius 3 is 2.23 bits per heavy atom. The fourth-order valence-corrected chi connectivity index (χ4v) is 2.88.